The second-order valence-corrected chi connectivity index (χ2v) is 13.1. The number of hydrogen-bond donors (Lipinski definition) is 0. The zero-order valence-electron chi connectivity index (χ0n) is 25.6. The Hall–Kier alpha value is -4.07. The van der Waals surface area contributed by atoms with Gasteiger partial charge in [-0.2, -0.15) is 0 Å². The number of ketones is 1. The second-order valence-electron chi connectivity index (χ2n) is 13.1. The van der Waals surface area contributed by atoms with Gasteiger partial charge >= 0.3 is 5.97 Å². The van der Waals surface area contributed by atoms with Crippen molar-refractivity contribution in [3.63, 3.8) is 0 Å². The number of amides is 1. The third-order valence-electron chi connectivity index (χ3n) is 9.57. The topological polar surface area (TPSA) is 85.8 Å². The van der Waals surface area contributed by atoms with Crippen LogP contribution in [0.25, 0.3) is 0 Å². The SMILES string of the molecule is COc1ccc2c(n1)CCN(C(=O)C1CC(CC(=O)OCc3ccccc3)C1)C2C(=O)Cc1cc(F)c2c(c1)CCC2(C)C. The highest BCUT2D eigenvalue weighted by Crippen LogP contribution is 2.42. The monoisotopic (exact) mass is 598 g/mol. The van der Waals surface area contributed by atoms with Gasteiger partial charge in [0, 0.05) is 43.4 Å². The molecule has 0 spiro atoms. The molecule has 0 bridgehead atoms. The molecule has 3 aromatic rings. The Labute approximate surface area is 257 Å². The van der Waals surface area contributed by atoms with Crippen LogP contribution in [-0.2, 0) is 50.4 Å². The van der Waals surface area contributed by atoms with Gasteiger partial charge in [-0.05, 0) is 71.4 Å². The van der Waals surface area contributed by atoms with Crippen molar-refractivity contribution in [1.29, 1.82) is 0 Å². The number of aromatic nitrogens is 1. The number of nitrogens with zero attached hydrogens (tertiary/aromatic N) is 2. The normalized spacial score (nSPS) is 21.5. The summed E-state index contributed by atoms with van der Waals surface area (Å²) >= 11 is 0. The predicted octanol–water partition coefficient (Wildman–Crippen LogP) is 5.85. The van der Waals surface area contributed by atoms with E-state index in [-0.39, 0.29) is 60.2 Å². The number of methoxy groups -OCH3 is 1. The van der Waals surface area contributed by atoms with Crippen LogP contribution >= 0.6 is 0 Å². The molecule has 7 nitrogen and oxygen atoms in total. The van der Waals surface area contributed by atoms with Crippen molar-refractivity contribution in [2.75, 3.05) is 13.7 Å². The van der Waals surface area contributed by atoms with Crippen LogP contribution in [0.4, 0.5) is 4.39 Å². The molecular formula is C36H39FN2O5. The van der Waals surface area contributed by atoms with Crippen LogP contribution in [0.2, 0.25) is 0 Å². The van der Waals surface area contributed by atoms with Crippen molar-refractivity contribution in [2.24, 2.45) is 11.8 Å². The molecule has 1 fully saturated rings. The number of pyridine rings is 1. The Kier molecular flexibility index (Phi) is 8.27. The van der Waals surface area contributed by atoms with Gasteiger partial charge in [0.1, 0.15) is 18.5 Å². The molecule has 1 aromatic heterocycles. The molecule has 44 heavy (non-hydrogen) atoms. The Bertz CT molecular complexity index is 1580. The number of carbonyl (C=O) groups excluding carboxylic acids is 3. The fraction of sp³-hybridized carbons (Fsp3) is 0.444. The van der Waals surface area contributed by atoms with Gasteiger partial charge in [0.05, 0.1) is 12.8 Å². The van der Waals surface area contributed by atoms with Gasteiger partial charge in [-0.15, -0.1) is 0 Å². The first kappa shape index (κ1) is 30.0. The number of carbonyl (C=O) groups is 3. The fourth-order valence-electron chi connectivity index (χ4n) is 7.19. The summed E-state index contributed by atoms with van der Waals surface area (Å²) in [4.78, 5) is 46.6. The molecule has 1 amide bonds. The lowest BCUT2D eigenvalue weighted by Gasteiger charge is -2.42. The maximum Gasteiger partial charge on any atom is 0.306 e. The van der Waals surface area contributed by atoms with Gasteiger partial charge < -0.3 is 14.4 Å². The first-order chi connectivity index (χ1) is 21.1. The molecule has 0 N–H and O–H groups in total. The van der Waals surface area contributed by atoms with E-state index < -0.39 is 6.04 Å². The standard InChI is InChI=1S/C36H39FN2O5/c1-36(2)13-11-25-15-24(18-28(37)33(25)36)19-30(40)34-27-9-10-31(43-3)38-29(27)12-14-39(34)35(42)26-16-23(17-26)20-32(41)44-21-22-7-5-4-6-8-22/h4-10,15,18,23,26,34H,11-14,16-17,19-21H2,1-3H3. The number of rotatable bonds is 9. The summed E-state index contributed by atoms with van der Waals surface area (Å²) in [6.45, 7) is 4.69. The van der Waals surface area contributed by atoms with E-state index in [1.165, 1.54) is 6.07 Å². The predicted molar refractivity (Wildman–Crippen MR) is 162 cm³/mol. The molecule has 1 atom stereocenters. The van der Waals surface area contributed by atoms with E-state index in [2.05, 4.69) is 18.8 Å². The number of halogens is 1. The number of ether oxygens (including phenoxy) is 2. The molecule has 3 aliphatic rings. The van der Waals surface area contributed by atoms with Gasteiger partial charge in [0.2, 0.25) is 11.8 Å². The third-order valence-corrected chi connectivity index (χ3v) is 9.57. The number of esters is 1. The number of benzene rings is 2. The van der Waals surface area contributed by atoms with Gasteiger partial charge in [-0.1, -0.05) is 50.2 Å². The lowest BCUT2D eigenvalue weighted by Crippen LogP contribution is -2.49. The summed E-state index contributed by atoms with van der Waals surface area (Å²) < 4.78 is 26.0. The minimum Gasteiger partial charge on any atom is -0.481 e. The molecular weight excluding hydrogens is 559 g/mol. The van der Waals surface area contributed by atoms with E-state index in [0.29, 0.717) is 42.8 Å². The zero-order chi connectivity index (χ0) is 31.0. The van der Waals surface area contributed by atoms with Gasteiger partial charge in [-0.25, -0.2) is 9.37 Å². The number of fused-ring (bicyclic) bond motifs is 2. The number of hydrogen-bond acceptors (Lipinski definition) is 6. The summed E-state index contributed by atoms with van der Waals surface area (Å²) in [5.74, 6) is -0.510. The average Bonchev–Trinajstić information content (AvgIpc) is 3.31. The van der Waals surface area contributed by atoms with Crippen LogP contribution < -0.4 is 4.74 Å². The Morgan fingerprint density at radius 1 is 1.02 bits per heavy atom. The Morgan fingerprint density at radius 2 is 1.80 bits per heavy atom. The van der Waals surface area contributed by atoms with Crippen molar-refractivity contribution >= 4 is 17.7 Å². The van der Waals surface area contributed by atoms with E-state index in [0.717, 1.165) is 35.2 Å². The highest BCUT2D eigenvalue weighted by Gasteiger charge is 2.43. The Balaban J connectivity index is 1.15. The number of Topliss-reactive ketones (excluding diaryl/α,β-unsaturated/α-hetero) is 1. The van der Waals surface area contributed by atoms with E-state index in [1.807, 2.05) is 42.5 Å². The first-order valence-corrected chi connectivity index (χ1v) is 15.5. The molecule has 0 saturated heterocycles. The van der Waals surface area contributed by atoms with Crippen LogP contribution in [0.5, 0.6) is 5.88 Å². The minimum absolute atomic E-state index is 0.0189. The van der Waals surface area contributed by atoms with Gasteiger partial charge in [0.25, 0.3) is 0 Å². The number of aryl methyl sites for hydroxylation is 1. The molecule has 1 aliphatic heterocycles. The molecule has 1 saturated carbocycles. The van der Waals surface area contributed by atoms with Crippen molar-refractivity contribution in [3.8, 4) is 5.88 Å². The lowest BCUT2D eigenvalue weighted by molar-refractivity contribution is -0.152. The van der Waals surface area contributed by atoms with Crippen LogP contribution in [0, 0.1) is 17.7 Å². The van der Waals surface area contributed by atoms with Crippen molar-refractivity contribution in [3.05, 3.63) is 93.9 Å². The minimum atomic E-state index is -0.813. The summed E-state index contributed by atoms with van der Waals surface area (Å²) in [6.07, 6.45) is 3.61. The second kappa shape index (κ2) is 12.1. The van der Waals surface area contributed by atoms with Gasteiger partial charge in [-0.3, -0.25) is 14.4 Å². The third kappa shape index (κ3) is 5.99. The van der Waals surface area contributed by atoms with Crippen molar-refractivity contribution < 1.29 is 28.2 Å². The van der Waals surface area contributed by atoms with E-state index in [9.17, 15) is 14.4 Å². The molecule has 6 rings (SSSR count). The molecule has 0 radical (unpaired) electrons. The summed E-state index contributed by atoms with van der Waals surface area (Å²) in [7, 11) is 1.55. The maximum atomic E-state index is 15.3. The fourth-order valence-corrected chi connectivity index (χ4v) is 7.19. The van der Waals surface area contributed by atoms with E-state index in [4.69, 9.17) is 9.47 Å². The highest BCUT2D eigenvalue weighted by atomic mass is 19.1. The molecule has 8 heteroatoms. The highest BCUT2D eigenvalue weighted by molar-refractivity contribution is 5.93. The first-order valence-electron chi connectivity index (χ1n) is 15.5. The van der Waals surface area contributed by atoms with Crippen LogP contribution in [0.15, 0.2) is 54.6 Å². The molecule has 2 heterocycles. The van der Waals surface area contributed by atoms with Gasteiger partial charge in [0.15, 0.2) is 5.78 Å². The van der Waals surface area contributed by atoms with E-state index in [1.54, 1.807) is 18.1 Å². The quantitative estimate of drug-likeness (QED) is 0.287. The lowest BCUT2D eigenvalue weighted by atomic mass is 9.72. The molecule has 1 unspecified atom stereocenters. The smallest absolute Gasteiger partial charge is 0.306 e. The molecule has 2 aromatic carbocycles. The summed E-state index contributed by atoms with van der Waals surface area (Å²) in [5, 5.41) is 0. The van der Waals surface area contributed by atoms with Crippen LogP contribution in [-0.4, -0.2) is 41.2 Å². The maximum absolute atomic E-state index is 15.3. The summed E-state index contributed by atoms with van der Waals surface area (Å²) in [5.41, 5.74) is 4.47. The van der Waals surface area contributed by atoms with Crippen molar-refractivity contribution in [1.82, 2.24) is 9.88 Å². The average molecular weight is 599 g/mol. The van der Waals surface area contributed by atoms with E-state index >= 15 is 4.39 Å². The van der Waals surface area contributed by atoms with Crippen molar-refractivity contribution in [2.45, 2.75) is 76.9 Å². The van der Waals surface area contributed by atoms with Crippen LogP contribution in [0.1, 0.15) is 79.1 Å². The molecule has 230 valence electrons. The summed E-state index contributed by atoms with van der Waals surface area (Å²) in [6, 6.07) is 15.7. The Morgan fingerprint density at radius 3 is 2.55 bits per heavy atom. The largest absolute Gasteiger partial charge is 0.481 e. The zero-order valence-corrected chi connectivity index (χ0v) is 25.6. The molecule has 2 aliphatic carbocycles. The van der Waals surface area contributed by atoms with Crippen LogP contribution in [0.3, 0.4) is 0 Å².